The van der Waals surface area contributed by atoms with Crippen LogP contribution in [-0.2, 0) is 22.9 Å². The Hall–Kier alpha value is -3.59. The van der Waals surface area contributed by atoms with Gasteiger partial charge in [-0.15, -0.1) is 0 Å². The van der Waals surface area contributed by atoms with Crippen LogP contribution in [-0.4, -0.2) is 30.9 Å². The second kappa shape index (κ2) is 8.74. The van der Waals surface area contributed by atoms with Gasteiger partial charge in [-0.25, -0.2) is 8.42 Å². The summed E-state index contributed by atoms with van der Waals surface area (Å²) < 4.78 is 25.9. The van der Waals surface area contributed by atoms with Crippen LogP contribution < -0.4 is 0 Å². The van der Waals surface area contributed by atoms with Crippen molar-refractivity contribution < 1.29 is 13.5 Å². The van der Waals surface area contributed by atoms with Crippen LogP contribution in [0.15, 0.2) is 89.8 Å². The molecule has 4 nitrogen and oxygen atoms in total. The Kier molecular flexibility index (Phi) is 5.63. The molecule has 1 heterocycles. The number of phenolic OH excluding ortho intramolecular Hbond substituents is 1. The monoisotopic (exact) mass is 453 g/mol. The lowest BCUT2D eigenvalue weighted by Crippen LogP contribution is -2.11. The van der Waals surface area contributed by atoms with E-state index in [2.05, 4.69) is 24.0 Å². The third kappa shape index (κ3) is 4.63. The van der Waals surface area contributed by atoms with Gasteiger partial charge in [0.1, 0.15) is 5.75 Å². The summed E-state index contributed by atoms with van der Waals surface area (Å²) in [6.45, 7) is 1.20. The first-order valence-corrected chi connectivity index (χ1v) is 12.3. The Balaban J connectivity index is 1.34. The van der Waals surface area contributed by atoms with E-state index >= 15 is 0 Å². The van der Waals surface area contributed by atoms with Crippen LogP contribution in [0.5, 0.6) is 5.75 Å². The van der Waals surface area contributed by atoms with Gasteiger partial charge >= 0.3 is 0 Å². The van der Waals surface area contributed by atoms with Gasteiger partial charge in [-0.3, -0.25) is 0 Å². The number of rotatable bonds is 5. The average Bonchev–Trinajstić information content (AvgIpc) is 3.69. The molecule has 0 spiro atoms. The number of phenols is 1. The zero-order valence-corrected chi connectivity index (χ0v) is 18.8. The molecule has 0 radical (unpaired) electrons. The Morgan fingerprint density at radius 3 is 2.30 bits per heavy atom. The first-order chi connectivity index (χ1) is 16.0. The van der Waals surface area contributed by atoms with E-state index in [9.17, 15) is 13.5 Å². The maximum absolute atomic E-state index is 12.2. The summed E-state index contributed by atoms with van der Waals surface area (Å²) in [5.74, 6) is 6.62. The number of hydrogen-bond donors (Lipinski definition) is 1. The number of sulfonamides is 1. The van der Waals surface area contributed by atoms with Gasteiger partial charge < -0.3 is 5.11 Å². The van der Waals surface area contributed by atoms with Crippen molar-refractivity contribution in [2.45, 2.75) is 17.7 Å². The molecule has 33 heavy (non-hydrogen) atoms. The summed E-state index contributed by atoms with van der Waals surface area (Å²) in [5.41, 5.74) is 3.82. The zero-order chi connectivity index (χ0) is 22.8. The molecule has 1 aliphatic heterocycles. The molecule has 5 rings (SSSR count). The van der Waals surface area contributed by atoms with Crippen LogP contribution in [0, 0.1) is 11.8 Å². The molecule has 1 saturated heterocycles. The first-order valence-electron chi connectivity index (χ1n) is 10.9. The minimum absolute atomic E-state index is 0.295. The van der Waals surface area contributed by atoms with Gasteiger partial charge in [0.05, 0.1) is 4.90 Å². The van der Waals surface area contributed by atoms with Gasteiger partial charge in [0.15, 0.2) is 0 Å². The molecule has 164 valence electrons. The van der Waals surface area contributed by atoms with Crippen molar-refractivity contribution in [3.8, 4) is 17.6 Å². The number of fused-ring (bicyclic) bond motifs is 1. The third-order valence-electron chi connectivity index (χ3n) is 5.81. The first kappa shape index (κ1) is 21.3. The van der Waals surface area contributed by atoms with E-state index < -0.39 is 10.0 Å². The molecule has 1 fully saturated rings. The van der Waals surface area contributed by atoms with Crippen molar-refractivity contribution in [3.05, 3.63) is 107 Å². The fourth-order valence-electron chi connectivity index (χ4n) is 3.84. The van der Waals surface area contributed by atoms with Gasteiger partial charge in [-0.1, -0.05) is 72.5 Å². The van der Waals surface area contributed by atoms with Crippen LogP contribution in [0.25, 0.3) is 10.8 Å². The smallest absolute Gasteiger partial charge is 0.243 e. The van der Waals surface area contributed by atoms with Crippen LogP contribution >= 0.6 is 0 Å². The molecule has 0 atom stereocenters. The molecule has 1 aliphatic rings. The fraction of sp³-hybridized carbons (Fsp3) is 0.143. The maximum Gasteiger partial charge on any atom is 0.243 e. The minimum Gasteiger partial charge on any atom is -0.507 e. The predicted octanol–water partition coefficient (Wildman–Crippen LogP) is 4.73. The van der Waals surface area contributed by atoms with Crippen LogP contribution in [0.4, 0.5) is 0 Å². The van der Waals surface area contributed by atoms with Crippen molar-refractivity contribution in [1.82, 2.24) is 4.31 Å². The molecule has 1 N–H and O–H groups in total. The Bertz CT molecular complexity index is 1480. The van der Waals surface area contributed by atoms with E-state index in [4.69, 9.17) is 0 Å². The number of hydrogen-bond acceptors (Lipinski definition) is 3. The molecule has 0 amide bonds. The highest BCUT2D eigenvalue weighted by Gasteiger charge is 2.32. The molecule has 0 aliphatic carbocycles. The molecule has 4 aromatic rings. The Morgan fingerprint density at radius 2 is 1.58 bits per heavy atom. The lowest BCUT2D eigenvalue weighted by atomic mass is 9.98. The van der Waals surface area contributed by atoms with Gasteiger partial charge in [0.2, 0.25) is 10.0 Å². The SMILES string of the molecule is O=S(=O)(c1ccc(CC#Cc2ccc3ccc(Cc4ccccc4)c(O)c3c2)cc1)N1CC1. The van der Waals surface area contributed by atoms with E-state index in [-0.39, 0.29) is 0 Å². The Morgan fingerprint density at radius 1 is 0.848 bits per heavy atom. The highest BCUT2D eigenvalue weighted by atomic mass is 32.2. The molecular weight excluding hydrogens is 430 g/mol. The van der Waals surface area contributed by atoms with Crippen molar-refractivity contribution >= 4 is 20.8 Å². The molecule has 0 bridgehead atoms. The summed E-state index contributed by atoms with van der Waals surface area (Å²) >= 11 is 0. The number of aromatic hydroxyl groups is 1. The van der Waals surface area contributed by atoms with E-state index in [1.807, 2.05) is 60.7 Å². The summed E-state index contributed by atoms with van der Waals surface area (Å²) in [7, 11) is -3.32. The van der Waals surface area contributed by atoms with Crippen molar-refractivity contribution in [1.29, 1.82) is 0 Å². The molecule has 5 heteroatoms. The van der Waals surface area contributed by atoms with Crippen LogP contribution in [0.2, 0.25) is 0 Å². The predicted molar refractivity (Wildman–Crippen MR) is 131 cm³/mol. The van der Waals surface area contributed by atoms with Crippen molar-refractivity contribution in [3.63, 3.8) is 0 Å². The van der Waals surface area contributed by atoms with Crippen molar-refractivity contribution in [2.75, 3.05) is 13.1 Å². The van der Waals surface area contributed by atoms with Gasteiger partial charge in [-0.2, -0.15) is 4.31 Å². The highest BCUT2D eigenvalue weighted by molar-refractivity contribution is 7.89. The van der Waals surface area contributed by atoms with Gasteiger partial charge in [0.25, 0.3) is 0 Å². The lowest BCUT2D eigenvalue weighted by molar-refractivity contribution is 0.476. The number of nitrogens with zero attached hydrogens (tertiary/aromatic N) is 1. The van der Waals surface area contributed by atoms with E-state index in [1.165, 1.54) is 4.31 Å². The average molecular weight is 454 g/mol. The van der Waals surface area contributed by atoms with E-state index in [1.54, 1.807) is 12.1 Å². The highest BCUT2D eigenvalue weighted by Crippen LogP contribution is 2.31. The quantitative estimate of drug-likeness (QED) is 0.351. The summed E-state index contributed by atoms with van der Waals surface area (Å²) in [6, 6.07) is 26.8. The van der Waals surface area contributed by atoms with E-state index in [0.29, 0.717) is 36.6 Å². The maximum atomic E-state index is 12.2. The number of benzene rings is 4. The third-order valence-corrected chi connectivity index (χ3v) is 7.72. The molecule has 0 saturated carbocycles. The molecular formula is C28H23NO3S. The van der Waals surface area contributed by atoms with E-state index in [0.717, 1.165) is 33.0 Å². The van der Waals surface area contributed by atoms with Crippen LogP contribution in [0.1, 0.15) is 22.3 Å². The van der Waals surface area contributed by atoms with Crippen LogP contribution in [0.3, 0.4) is 0 Å². The Labute approximate surface area is 194 Å². The largest absolute Gasteiger partial charge is 0.507 e. The standard InChI is InChI=1S/C28H23NO3S/c30-28-25(19-22-5-2-1-3-6-22)14-13-24-12-9-23(20-27(24)28)8-4-7-21-10-15-26(16-11-21)33(31,32)29-17-18-29/h1-3,5-6,9-16,20,30H,7,17-19H2. The normalized spacial score (nSPS) is 13.5. The molecule has 4 aromatic carbocycles. The minimum atomic E-state index is -3.32. The second-order valence-electron chi connectivity index (χ2n) is 8.20. The summed E-state index contributed by atoms with van der Waals surface area (Å²) in [5, 5.41) is 12.6. The van der Waals surface area contributed by atoms with Crippen molar-refractivity contribution in [2.24, 2.45) is 0 Å². The summed E-state index contributed by atoms with van der Waals surface area (Å²) in [6.07, 6.45) is 1.18. The second-order valence-corrected chi connectivity index (χ2v) is 10.1. The van der Waals surface area contributed by atoms with Gasteiger partial charge in [0, 0.05) is 36.9 Å². The fourth-order valence-corrected chi connectivity index (χ4v) is 5.18. The molecule has 0 aromatic heterocycles. The molecule has 0 unspecified atom stereocenters. The topological polar surface area (TPSA) is 57.4 Å². The zero-order valence-electron chi connectivity index (χ0n) is 18.0. The summed E-state index contributed by atoms with van der Waals surface area (Å²) in [4.78, 5) is 0.327. The lowest BCUT2D eigenvalue weighted by Gasteiger charge is -2.09. The van der Waals surface area contributed by atoms with Gasteiger partial charge in [-0.05, 0) is 46.3 Å².